The van der Waals surface area contributed by atoms with Crippen LogP contribution in [0.25, 0.3) is 0 Å². The van der Waals surface area contributed by atoms with Crippen LogP contribution in [0.4, 0.5) is 0 Å². The van der Waals surface area contributed by atoms with Crippen LogP contribution in [0.5, 0.6) is 0 Å². The zero-order valence-corrected chi connectivity index (χ0v) is 22.7. The van der Waals surface area contributed by atoms with Crippen LogP contribution in [0.15, 0.2) is 23.1 Å². The summed E-state index contributed by atoms with van der Waals surface area (Å²) in [7, 11) is 0. The SMILES string of the molecule is O=C(OC12CCC3CC(CC(C3)C1)C2)c1cc(SOO[O-])cc(C(=O)OC23CCC4CC(CC(C4)C2)C3)c1. The highest BCUT2D eigenvalue weighted by atomic mass is 32.2. The van der Waals surface area contributed by atoms with Gasteiger partial charge in [-0.1, -0.05) is 0 Å². The average molecular weight is 542 g/mol. The first-order valence-electron chi connectivity index (χ1n) is 14.6. The molecule has 4 unspecified atom stereocenters. The molecule has 8 fully saturated rings. The number of hydrogen-bond donors (Lipinski definition) is 0. The van der Waals surface area contributed by atoms with Gasteiger partial charge in [0.2, 0.25) is 0 Å². The smallest absolute Gasteiger partial charge is 0.338 e. The molecule has 0 N–H and O–H groups in total. The molecule has 0 saturated heterocycles. The Kier molecular flexibility index (Phi) is 6.53. The van der Waals surface area contributed by atoms with E-state index in [9.17, 15) is 14.8 Å². The van der Waals surface area contributed by atoms with Crippen molar-refractivity contribution in [2.45, 2.75) is 106 Å². The monoisotopic (exact) mass is 541 g/mol. The van der Waals surface area contributed by atoms with E-state index >= 15 is 0 Å². The number of benzene rings is 1. The number of carbonyl (C=O) groups is 2. The van der Waals surface area contributed by atoms with Gasteiger partial charge in [0.25, 0.3) is 0 Å². The van der Waals surface area contributed by atoms with Gasteiger partial charge in [-0.3, -0.25) is 5.04 Å². The maximum absolute atomic E-state index is 13.6. The molecule has 206 valence electrons. The first-order valence-corrected chi connectivity index (χ1v) is 15.4. The van der Waals surface area contributed by atoms with E-state index in [0.29, 0.717) is 40.6 Å². The van der Waals surface area contributed by atoms with Gasteiger partial charge in [0.05, 0.1) is 23.2 Å². The van der Waals surface area contributed by atoms with Crippen molar-refractivity contribution in [3.05, 3.63) is 29.3 Å². The van der Waals surface area contributed by atoms with Gasteiger partial charge in [-0.2, -0.15) is 4.33 Å². The fourth-order valence-electron chi connectivity index (χ4n) is 9.87. The van der Waals surface area contributed by atoms with Gasteiger partial charge >= 0.3 is 11.9 Å². The molecule has 1 aromatic rings. The van der Waals surface area contributed by atoms with Crippen LogP contribution in [-0.4, -0.2) is 23.1 Å². The standard InChI is InChI=1S/C30H38O7S/c31-27(34-29-3-1-18-5-20(14-29)9-21(6-18)15-29)24-11-25(13-26(12-24)38-37-36-33)28(32)35-30-4-2-19-7-22(16-30)10-23(8-19)17-30/h11-13,18-23,33H,1-10,14-17H2/p-1. The van der Waals surface area contributed by atoms with Crippen molar-refractivity contribution in [3.8, 4) is 0 Å². The van der Waals surface area contributed by atoms with Gasteiger partial charge in [0, 0.05) is 4.90 Å². The van der Waals surface area contributed by atoms with Crippen molar-refractivity contribution in [3.63, 3.8) is 0 Å². The van der Waals surface area contributed by atoms with E-state index < -0.39 is 23.1 Å². The van der Waals surface area contributed by atoms with Crippen molar-refractivity contribution in [2.75, 3.05) is 0 Å². The summed E-state index contributed by atoms with van der Waals surface area (Å²) < 4.78 is 17.2. The summed E-state index contributed by atoms with van der Waals surface area (Å²) in [6.45, 7) is 0. The predicted molar refractivity (Wildman–Crippen MR) is 136 cm³/mol. The predicted octanol–water partition coefficient (Wildman–Crippen LogP) is 5.95. The molecular weight excluding hydrogens is 504 g/mol. The number of carbonyl (C=O) groups excluding carboxylic acids is 2. The van der Waals surface area contributed by atoms with E-state index in [1.54, 1.807) is 18.2 Å². The van der Waals surface area contributed by atoms with Crippen LogP contribution < -0.4 is 5.26 Å². The molecule has 0 amide bonds. The van der Waals surface area contributed by atoms with E-state index in [1.807, 2.05) is 0 Å². The Morgan fingerprint density at radius 3 is 1.53 bits per heavy atom. The van der Waals surface area contributed by atoms with Crippen molar-refractivity contribution < 1.29 is 33.7 Å². The normalized spacial score (nSPS) is 40.6. The van der Waals surface area contributed by atoms with Crippen LogP contribution in [0.1, 0.15) is 111 Å². The Morgan fingerprint density at radius 1 is 0.684 bits per heavy atom. The summed E-state index contributed by atoms with van der Waals surface area (Å²) in [5.41, 5.74) is -0.254. The highest BCUT2D eigenvalue weighted by Crippen LogP contribution is 2.56. The largest absolute Gasteiger partial charge is 0.691 e. The van der Waals surface area contributed by atoms with Gasteiger partial charge in [0.15, 0.2) is 0 Å². The number of fused-ring (bicyclic) bond motifs is 2. The molecule has 8 heteroatoms. The van der Waals surface area contributed by atoms with Gasteiger partial charge in [-0.25, -0.2) is 9.59 Å². The van der Waals surface area contributed by atoms with Crippen LogP contribution in [0.3, 0.4) is 0 Å². The van der Waals surface area contributed by atoms with Gasteiger partial charge < -0.3 is 14.7 Å². The third kappa shape index (κ3) is 4.91. The summed E-state index contributed by atoms with van der Waals surface area (Å²) in [6.07, 6.45) is 15.4. The second-order valence-corrected chi connectivity index (χ2v) is 14.4. The lowest BCUT2D eigenvalue weighted by atomic mass is 9.66. The third-order valence-electron chi connectivity index (χ3n) is 10.8. The van der Waals surface area contributed by atoms with Crippen LogP contribution in [0, 0.1) is 35.5 Å². The van der Waals surface area contributed by atoms with Crippen molar-refractivity contribution in [2.24, 2.45) is 35.5 Å². The lowest BCUT2D eigenvalue weighted by Crippen LogP contribution is -2.43. The number of rotatable bonds is 7. The van der Waals surface area contributed by atoms with Crippen LogP contribution in [-0.2, 0) is 18.8 Å². The van der Waals surface area contributed by atoms with E-state index in [1.165, 1.54) is 38.5 Å². The van der Waals surface area contributed by atoms with E-state index in [-0.39, 0.29) is 11.1 Å². The Labute approximate surface area is 228 Å². The lowest BCUT2D eigenvalue weighted by Gasteiger charge is -2.44. The summed E-state index contributed by atoms with van der Waals surface area (Å²) in [5, 5.41) is 14.0. The second-order valence-electron chi connectivity index (χ2n) is 13.6. The Hall–Kier alpha value is -1.61. The molecule has 9 rings (SSSR count). The van der Waals surface area contributed by atoms with Gasteiger partial charge in [-0.15, -0.1) is 0 Å². The quantitative estimate of drug-likeness (QED) is 0.181. The molecule has 8 aliphatic rings. The fraction of sp³-hybridized carbons (Fsp3) is 0.733. The van der Waals surface area contributed by atoms with Crippen molar-refractivity contribution in [1.82, 2.24) is 0 Å². The molecule has 8 saturated carbocycles. The highest BCUT2D eigenvalue weighted by molar-refractivity contribution is 7.94. The number of esters is 2. The molecule has 0 radical (unpaired) electrons. The van der Waals surface area contributed by atoms with Gasteiger partial charge in [0.1, 0.15) is 11.2 Å². The van der Waals surface area contributed by atoms with E-state index in [4.69, 9.17) is 9.47 Å². The molecule has 1 aromatic carbocycles. The maximum Gasteiger partial charge on any atom is 0.338 e. The number of ether oxygens (including phenoxy) is 2. The molecule has 4 atom stereocenters. The van der Waals surface area contributed by atoms with E-state index in [2.05, 4.69) is 9.37 Å². The molecule has 38 heavy (non-hydrogen) atoms. The van der Waals surface area contributed by atoms with Crippen molar-refractivity contribution in [1.29, 1.82) is 0 Å². The second kappa shape index (κ2) is 9.79. The zero-order chi connectivity index (χ0) is 25.9. The minimum atomic E-state index is -0.421. The first kappa shape index (κ1) is 25.4. The third-order valence-corrected chi connectivity index (χ3v) is 11.4. The molecule has 0 aliphatic heterocycles. The lowest BCUT2D eigenvalue weighted by molar-refractivity contribution is -0.777. The molecule has 0 heterocycles. The highest BCUT2D eigenvalue weighted by Gasteiger charge is 2.51. The molecule has 0 spiro atoms. The Bertz CT molecular complexity index is 998. The minimum Gasteiger partial charge on any atom is -0.691 e. The van der Waals surface area contributed by atoms with Crippen molar-refractivity contribution >= 4 is 24.0 Å². The Balaban J connectivity index is 1.13. The first-order chi connectivity index (χ1) is 18.4. The fourth-order valence-corrected chi connectivity index (χ4v) is 10.3. The minimum absolute atomic E-state index is 0.284. The molecule has 0 aromatic heterocycles. The molecule has 8 aliphatic carbocycles. The van der Waals surface area contributed by atoms with Crippen LogP contribution >= 0.6 is 12.0 Å². The summed E-state index contributed by atoms with van der Waals surface area (Å²) in [4.78, 5) is 27.6. The Morgan fingerprint density at radius 2 is 1.11 bits per heavy atom. The topological polar surface area (TPSA) is 94.1 Å². The van der Waals surface area contributed by atoms with Gasteiger partial charge in [-0.05, 0) is 144 Å². The average Bonchev–Trinajstić information content (AvgIpc) is 3.20. The summed E-state index contributed by atoms with van der Waals surface area (Å²) in [5.74, 6) is 3.25. The maximum atomic E-state index is 13.6. The molecule has 8 bridgehead atoms. The summed E-state index contributed by atoms with van der Waals surface area (Å²) >= 11 is 0.679. The summed E-state index contributed by atoms with van der Waals surface area (Å²) in [6, 6.07) is 4.80. The van der Waals surface area contributed by atoms with Crippen LogP contribution in [0.2, 0.25) is 0 Å². The van der Waals surface area contributed by atoms with E-state index in [0.717, 1.165) is 63.2 Å². The number of hydrogen-bond acceptors (Lipinski definition) is 8. The molecular formula is C30H37O7S-. The molecule has 7 nitrogen and oxygen atoms in total. The zero-order valence-electron chi connectivity index (χ0n) is 21.9.